The molecule has 7 nitrogen and oxygen atoms in total. The van der Waals surface area contributed by atoms with E-state index >= 15 is 0 Å². The third kappa shape index (κ3) is 2.28. The van der Waals surface area contributed by atoms with Crippen LogP contribution in [0.2, 0.25) is 0 Å². The van der Waals surface area contributed by atoms with Crippen LogP contribution in [0.3, 0.4) is 0 Å². The molecule has 1 atom stereocenters. The number of aromatic nitrogens is 2. The molecule has 2 rings (SSSR count). The number of nitrogens with zero attached hydrogens (tertiary/aromatic N) is 2. The second-order valence-electron chi connectivity index (χ2n) is 4.96. The van der Waals surface area contributed by atoms with E-state index in [4.69, 9.17) is 11.5 Å². The van der Waals surface area contributed by atoms with Crippen molar-refractivity contribution < 1.29 is 8.42 Å². The largest absolute Gasteiger partial charge is 0.368 e. The SMILES string of the molecule is CC(C)C1(N)NC(S(C)(=O)=O)=Cc2cnc(N)nc21. The molecule has 1 aliphatic heterocycles. The predicted octanol–water partition coefficient (Wildman–Crippen LogP) is -0.227. The molecule has 19 heavy (non-hydrogen) atoms. The minimum Gasteiger partial charge on any atom is -0.368 e. The van der Waals surface area contributed by atoms with E-state index in [0.29, 0.717) is 11.3 Å². The van der Waals surface area contributed by atoms with Gasteiger partial charge >= 0.3 is 0 Å². The van der Waals surface area contributed by atoms with Crippen LogP contribution in [-0.4, -0.2) is 24.6 Å². The Morgan fingerprint density at radius 3 is 2.58 bits per heavy atom. The quantitative estimate of drug-likeness (QED) is 0.685. The van der Waals surface area contributed by atoms with Gasteiger partial charge in [-0.15, -0.1) is 0 Å². The van der Waals surface area contributed by atoms with E-state index < -0.39 is 15.5 Å². The van der Waals surface area contributed by atoms with Crippen LogP contribution < -0.4 is 16.8 Å². The molecule has 1 unspecified atom stereocenters. The lowest BCUT2D eigenvalue weighted by atomic mass is 9.89. The maximum Gasteiger partial charge on any atom is 0.220 e. The Morgan fingerprint density at radius 1 is 1.42 bits per heavy atom. The van der Waals surface area contributed by atoms with Crippen LogP contribution in [0.15, 0.2) is 11.2 Å². The first kappa shape index (κ1) is 13.8. The summed E-state index contributed by atoms with van der Waals surface area (Å²) in [5, 5.41) is 2.92. The molecule has 104 valence electrons. The fraction of sp³-hybridized carbons (Fsp3) is 0.455. The fourth-order valence-corrected chi connectivity index (χ4v) is 2.59. The molecule has 0 fully saturated rings. The van der Waals surface area contributed by atoms with Crippen LogP contribution in [0, 0.1) is 5.92 Å². The fourth-order valence-electron chi connectivity index (χ4n) is 1.90. The van der Waals surface area contributed by atoms with Crippen LogP contribution in [0.1, 0.15) is 25.1 Å². The van der Waals surface area contributed by atoms with Crippen LogP contribution in [-0.2, 0) is 15.5 Å². The molecule has 0 radical (unpaired) electrons. The molecule has 0 bridgehead atoms. The van der Waals surface area contributed by atoms with Crippen molar-refractivity contribution in [2.45, 2.75) is 19.5 Å². The van der Waals surface area contributed by atoms with E-state index in [9.17, 15) is 8.42 Å². The zero-order chi connectivity index (χ0) is 14.4. The van der Waals surface area contributed by atoms with Crippen LogP contribution in [0.25, 0.3) is 6.08 Å². The lowest BCUT2D eigenvalue weighted by Crippen LogP contribution is -2.57. The second-order valence-corrected chi connectivity index (χ2v) is 6.95. The molecule has 0 saturated carbocycles. The summed E-state index contributed by atoms with van der Waals surface area (Å²) in [7, 11) is -3.40. The minimum atomic E-state index is -3.40. The van der Waals surface area contributed by atoms with E-state index in [-0.39, 0.29) is 16.9 Å². The Kier molecular flexibility index (Phi) is 3.02. The van der Waals surface area contributed by atoms with Gasteiger partial charge in [-0.25, -0.2) is 18.4 Å². The summed E-state index contributed by atoms with van der Waals surface area (Å²) >= 11 is 0. The normalized spacial score (nSPS) is 22.7. The number of fused-ring (bicyclic) bond motifs is 1. The lowest BCUT2D eigenvalue weighted by Gasteiger charge is -2.38. The predicted molar refractivity (Wildman–Crippen MR) is 73.1 cm³/mol. The van der Waals surface area contributed by atoms with Gasteiger partial charge < -0.3 is 16.8 Å². The van der Waals surface area contributed by atoms with Crippen molar-refractivity contribution in [2.24, 2.45) is 11.7 Å². The number of nitrogens with one attached hydrogen (secondary N) is 1. The molecule has 0 spiro atoms. The average molecular weight is 283 g/mol. The van der Waals surface area contributed by atoms with Crippen molar-refractivity contribution >= 4 is 21.9 Å². The summed E-state index contributed by atoms with van der Waals surface area (Å²) in [6, 6.07) is 0. The monoisotopic (exact) mass is 283 g/mol. The van der Waals surface area contributed by atoms with E-state index in [1.165, 1.54) is 12.3 Å². The van der Waals surface area contributed by atoms with Gasteiger partial charge in [0.05, 0.1) is 5.69 Å². The topological polar surface area (TPSA) is 124 Å². The van der Waals surface area contributed by atoms with Gasteiger partial charge in [-0.1, -0.05) is 13.8 Å². The molecular formula is C11H17N5O2S. The van der Waals surface area contributed by atoms with E-state index in [0.717, 1.165) is 6.26 Å². The Hall–Kier alpha value is -1.67. The molecule has 2 heterocycles. The smallest absolute Gasteiger partial charge is 0.220 e. The van der Waals surface area contributed by atoms with Crippen molar-refractivity contribution in [2.75, 3.05) is 12.0 Å². The Bertz CT molecular complexity index is 653. The number of rotatable bonds is 2. The Labute approximate surface area is 112 Å². The first-order valence-corrected chi connectivity index (χ1v) is 7.65. The molecule has 1 aliphatic rings. The lowest BCUT2D eigenvalue weighted by molar-refractivity contribution is 0.264. The standard InChI is InChI=1S/C11H17N5O2S/c1-6(2)11(13)9-7(5-14-10(12)15-9)4-8(16-11)19(3,17)18/h4-6,16H,13H2,1-3H3,(H2,12,14,15). The summed E-state index contributed by atoms with van der Waals surface area (Å²) in [4.78, 5) is 8.02. The van der Waals surface area contributed by atoms with Gasteiger partial charge in [0.1, 0.15) is 10.7 Å². The van der Waals surface area contributed by atoms with Crippen molar-refractivity contribution in [3.05, 3.63) is 22.5 Å². The van der Waals surface area contributed by atoms with Crippen LogP contribution in [0.4, 0.5) is 5.95 Å². The molecule has 0 saturated heterocycles. The summed E-state index contributed by atoms with van der Waals surface area (Å²) in [6.07, 6.45) is 4.07. The van der Waals surface area contributed by atoms with E-state index in [1.807, 2.05) is 13.8 Å². The Balaban J connectivity index is 2.71. The highest BCUT2D eigenvalue weighted by molar-refractivity contribution is 7.94. The first-order chi connectivity index (χ1) is 8.64. The van der Waals surface area contributed by atoms with E-state index in [1.54, 1.807) is 0 Å². The first-order valence-electron chi connectivity index (χ1n) is 5.76. The maximum atomic E-state index is 11.7. The zero-order valence-corrected chi connectivity index (χ0v) is 11.8. The second kappa shape index (κ2) is 4.17. The highest BCUT2D eigenvalue weighted by Gasteiger charge is 2.40. The molecule has 1 aromatic rings. The molecule has 5 N–H and O–H groups in total. The number of nitrogens with two attached hydrogens (primary N) is 2. The van der Waals surface area contributed by atoms with Crippen LogP contribution >= 0.6 is 0 Å². The van der Waals surface area contributed by atoms with Gasteiger partial charge in [-0.2, -0.15) is 0 Å². The highest BCUT2D eigenvalue weighted by atomic mass is 32.2. The molecular weight excluding hydrogens is 266 g/mol. The van der Waals surface area contributed by atoms with Gasteiger partial charge in [0, 0.05) is 18.0 Å². The zero-order valence-electron chi connectivity index (χ0n) is 11.0. The van der Waals surface area contributed by atoms with E-state index in [2.05, 4.69) is 15.3 Å². The van der Waals surface area contributed by atoms with Gasteiger partial charge in [0.25, 0.3) is 0 Å². The summed E-state index contributed by atoms with van der Waals surface area (Å²) in [5.74, 6) is 0.0123. The summed E-state index contributed by atoms with van der Waals surface area (Å²) < 4.78 is 23.4. The Morgan fingerprint density at radius 2 is 2.05 bits per heavy atom. The summed E-state index contributed by atoms with van der Waals surface area (Å²) in [6.45, 7) is 3.75. The third-order valence-corrected chi connectivity index (χ3v) is 4.17. The average Bonchev–Trinajstić information content (AvgIpc) is 2.28. The summed E-state index contributed by atoms with van der Waals surface area (Å²) in [5.41, 5.74) is 11.9. The molecule has 0 aliphatic carbocycles. The molecule has 8 heteroatoms. The highest BCUT2D eigenvalue weighted by Crippen LogP contribution is 2.32. The maximum absolute atomic E-state index is 11.7. The number of nitrogen functional groups attached to an aromatic ring is 1. The molecule has 1 aromatic heterocycles. The molecule has 0 amide bonds. The van der Waals surface area contributed by atoms with Crippen LogP contribution in [0.5, 0.6) is 0 Å². The number of hydrogen-bond donors (Lipinski definition) is 3. The van der Waals surface area contributed by atoms with Crippen molar-refractivity contribution in [1.29, 1.82) is 0 Å². The molecule has 0 aromatic carbocycles. The van der Waals surface area contributed by atoms with Crippen molar-refractivity contribution in [1.82, 2.24) is 15.3 Å². The number of sulfone groups is 1. The number of hydrogen-bond acceptors (Lipinski definition) is 7. The van der Waals surface area contributed by atoms with Gasteiger partial charge in [0.15, 0.2) is 9.84 Å². The third-order valence-electron chi connectivity index (χ3n) is 3.15. The minimum absolute atomic E-state index is 0.0598. The van der Waals surface area contributed by atoms with Crippen molar-refractivity contribution in [3.8, 4) is 0 Å². The number of anilines is 1. The van der Waals surface area contributed by atoms with Gasteiger partial charge in [-0.05, 0) is 12.0 Å². The van der Waals surface area contributed by atoms with Gasteiger partial charge in [0.2, 0.25) is 5.95 Å². The van der Waals surface area contributed by atoms with Crippen molar-refractivity contribution in [3.63, 3.8) is 0 Å². The van der Waals surface area contributed by atoms with Gasteiger partial charge in [-0.3, -0.25) is 0 Å².